The maximum atomic E-state index is 7.04. The van der Waals surface area contributed by atoms with Crippen molar-refractivity contribution in [3.8, 4) is 44.5 Å². The van der Waals surface area contributed by atoms with Crippen LogP contribution in [0.2, 0.25) is 0 Å². The normalized spacial score (nSPS) is 14.8. The Hall–Kier alpha value is -7.82. The Labute approximate surface area is 366 Å². The molecule has 0 radical (unpaired) electrons. The standard InChI is InChI=1S/C60H38O4/c1-59(2)43-29-42-44(30-41(43)55-45(59)27-39(53-37-15-7-11-19-49(37)63-57(53)55)31-21-23-35-33-13-5-9-17-47(33)61-51(35)25-31)60(3,4)46-28-40(54-38-16-8-12-20-50(38)64-58(54)56(42)46)32-22-24-36-34-14-6-10-18-48(34)62-52(36)26-32/h5-30H,1-4H3. The van der Waals surface area contributed by atoms with Gasteiger partial charge in [-0.15, -0.1) is 0 Å². The van der Waals surface area contributed by atoms with E-state index in [9.17, 15) is 0 Å². The van der Waals surface area contributed by atoms with E-state index in [2.05, 4.69) is 161 Å². The average Bonchev–Trinajstić information content (AvgIpc) is 4.15. The van der Waals surface area contributed by atoms with Crippen molar-refractivity contribution >= 4 is 87.8 Å². The van der Waals surface area contributed by atoms with Gasteiger partial charge in [-0.05, 0) is 128 Å². The first kappa shape index (κ1) is 34.7. The van der Waals surface area contributed by atoms with Crippen molar-refractivity contribution in [2.24, 2.45) is 0 Å². The third-order valence-corrected chi connectivity index (χ3v) is 15.1. The van der Waals surface area contributed by atoms with E-state index in [-0.39, 0.29) is 10.8 Å². The van der Waals surface area contributed by atoms with Crippen molar-refractivity contribution in [3.63, 3.8) is 0 Å². The van der Waals surface area contributed by atoms with Gasteiger partial charge in [0.05, 0.1) is 0 Å². The zero-order valence-electron chi connectivity index (χ0n) is 35.6. The first-order valence-corrected chi connectivity index (χ1v) is 22.2. The van der Waals surface area contributed by atoms with Crippen LogP contribution < -0.4 is 0 Å². The molecule has 15 rings (SSSR count). The van der Waals surface area contributed by atoms with Crippen LogP contribution in [0.15, 0.2) is 175 Å². The van der Waals surface area contributed by atoms with Gasteiger partial charge in [0.15, 0.2) is 0 Å². The van der Waals surface area contributed by atoms with Crippen molar-refractivity contribution in [2.45, 2.75) is 38.5 Å². The second-order valence-electron chi connectivity index (χ2n) is 19.1. The predicted octanol–water partition coefficient (Wildman–Crippen LogP) is 17.2. The number of hydrogen-bond donors (Lipinski definition) is 0. The smallest absolute Gasteiger partial charge is 0.144 e. The molecule has 4 aromatic heterocycles. The van der Waals surface area contributed by atoms with E-state index < -0.39 is 0 Å². The van der Waals surface area contributed by atoms with Crippen LogP contribution in [0.1, 0.15) is 49.9 Å². The number of hydrogen-bond acceptors (Lipinski definition) is 4. The van der Waals surface area contributed by atoms with Crippen LogP contribution in [0.25, 0.3) is 132 Å². The second-order valence-corrected chi connectivity index (χ2v) is 19.1. The van der Waals surface area contributed by atoms with E-state index in [1.165, 1.54) is 44.5 Å². The number of rotatable bonds is 2. The molecule has 0 amide bonds. The minimum Gasteiger partial charge on any atom is -0.456 e. The van der Waals surface area contributed by atoms with Crippen molar-refractivity contribution in [2.75, 3.05) is 0 Å². The van der Waals surface area contributed by atoms with Crippen LogP contribution >= 0.6 is 0 Å². The quantitative estimate of drug-likeness (QED) is 0.174. The summed E-state index contributed by atoms with van der Waals surface area (Å²) in [5, 5.41) is 8.99. The van der Waals surface area contributed by atoms with E-state index in [1.807, 2.05) is 24.3 Å². The SMILES string of the molecule is CC1(C)c2cc3c(cc2-c2c1cc(-c1ccc4c(c1)oc1ccccc14)c1c2oc2ccccc21)C(C)(C)c1cc(-c2ccc4c(c2)oc2ccccc24)c2c(oc4ccccc42)c1-3. The van der Waals surface area contributed by atoms with Crippen molar-refractivity contribution < 1.29 is 17.7 Å². The van der Waals surface area contributed by atoms with E-state index in [0.717, 1.165) is 110 Å². The zero-order valence-corrected chi connectivity index (χ0v) is 35.6. The monoisotopic (exact) mass is 822 g/mol. The topological polar surface area (TPSA) is 52.6 Å². The third-order valence-electron chi connectivity index (χ3n) is 15.1. The number of benzene rings is 9. The third kappa shape index (κ3) is 4.24. The summed E-state index contributed by atoms with van der Waals surface area (Å²) >= 11 is 0. The van der Waals surface area contributed by atoms with Gasteiger partial charge in [0.25, 0.3) is 0 Å². The summed E-state index contributed by atoms with van der Waals surface area (Å²) in [6.45, 7) is 9.50. The van der Waals surface area contributed by atoms with Crippen molar-refractivity contribution in [3.05, 3.63) is 180 Å². The highest BCUT2D eigenvalue weighted by atomic mass is 16.3. The van der Waals surface area contributed by atoms with Crippen LogP contribution in [0.4, 0.5) is 0 Å². The lowest BCUT2D eigenvalue weighted by atomic mass is 9.78. The van der Waals surface area contributed by atoms with Gasteiger partial charge in [-0.25, -0.2) is 0 Å². The van der Waals surface area contributed by atoms with E-state index in [4.69, 9.17) is 17.7 Å². The minimum atomic E-state index is -0.340. The van der Waals surface area contributed by atoms with Gasteiger partial charge in [-0.3, -0.25) is 0 Å². The maximum Gasteiger partial charge on any atom is 0.144 e. The summed E-state index contributed by atoms with van der Waals surface area (Å²) in [7, 11) is 0. The summed E-state index contributed by atoms with van der Waals surface area (Å²) in [6, 6.07) is 56.7. The van der Waals surface area contributed by atoms with Crippen LogP contribution in [-0.4, -0.2) is 0 Å². The molecule has 9 aromatic carbocycles. The van der Waals surface area contributed by atoms with Gasteiger partial charge < -0.3 is 17.7 Å². The van der Waals surface area contributed by atoms with Crippen LogP contribution in [0.3, 0.4) is 0 Å². The average molecular weight is 823 g/mol. The molecule has 64 heavy (non-hydrogen) atoms. The summed E-state index contributed by atoms with van der Waals surface area (Å²) < 4.78 is 27.0. The molecule has 0 unspecified atom stereocenters. The summed E-state index contributed by atoms with van der Waals surface area (Å²) in [5.41, 5.74) is 21.0. The Kier molecular flexibility index (Phi) is 6.29. The van der Waals surface area contributed by atoms with Gasteiger partial charge in [0, 0.05) is 65.0 Å². The van der Waals surface area contributed by atoms with Gasteiger partial charge in [0.2, 0.25) is 0 Å². The van der Waals surface area contributed by atoms with Gasteiger partial charge in [-0.1, -0.05) is 113 Å². The number of furan rings is 4. The Bertz CT molecular complexity index is 3980. The van der Waals surface area contributed by atoms with Crippen LogP contribution in [0.5, 0.6) is 0 Å². The molecule has 0 atom stereocenters. The van der Waals surface area contributed by atoms with E-state index >= 15 is 0 Å². The molecule has 0 N–H and O–H groups in total. The lowest BCUT2D eigenvalue weighted by Crippen LogP contribution is -2.17. The predicted molar refractivity (Wildman–Crippen MR) is 262 cm³/mol. The molecule has 4 heterocycles. The van der Waals surface area contributed by atoms with E-state index in [0.29, 0.717) is 0 Å². The van der Waals surface area contributed by atoms with Crippen LogP contribution in [0, 0.1) is 0 Å². The lowest BCUT2D eigenvalue weighted by Gasteiger charge is -2.24. The molecule has 2 aliphatic rings. The molecular formula is C60H38O4. The fourth-order valence-corrected chi connectivity index (χ4v) is 11.9. The molecule has 4 heteroatoms. The molecule has 0 bridgehead atoms. The Balaban J connectivity index is 0.976. The Morgan fingerprint density at radius 3 is 1.06 bits per heavy atom. The summed E-state index contributed by atoms with van der Waals surface area (Å²) in [5.74, 6) is 0. The minimum absolute atomic E-state index is 0.340. The summed E-state index contributed by atoms with van der Waals surface area (Å²) in [6.07, 6.45) is 0. The van der Waals surface area contributed by atoms with Crippen molar-refractivity contribution in [1.29, 1.82) is 0 Å². The highest BCUT2D eigenvalue weighted by Crippen LogP contribution is 2.61. The number of para-hydroxylation sites is 4. The molecule has 0 saturated heterocycles. The van der Waals surface area contributed by atoms with Crippen molar-refractivity contribution in [1.82, 2.24) is 0 Å². The zero-order chi connectivity index (χ0) is 42.4. The van der Waals surface area contributed by atoms with Crippen LogP contribution in [-0.2, 0) is 10.8 Å². The molecule has 4 nitrogen and oxygen atoms in total. The Morgan fingerprint density at radius 2 is 0.641 bits per heavy atom. The molecule has 0 aliphatic heterocycles. The van der Waals surface area contributed by atoms with Gasteiger partial charge in [0.1, 0.15) is 44.7 Å². The fraction of sp³-hybridized carbons (Fsp3) is 0.100. The molecule has 13 aromatic rings. The molecule has 0 spiro atoms. The number of fused-ring (bicyclic) bond motifs is 20. The fourth-order valence-electron chi connectivity index (χ4n) is 11.9. The molecule has 302 valence electrons. The lowest BCUT2D eigenvalue weighted by molar-refractivity contribution is 0.648. The maximum absolute atomic E-state index is 7.04. The first-order chi connectivity index (χ1) is 31.2. The molecule has 2 aliphatic carbocycles. The summed E-state index contributed by atoms with van der Waals surface area (Å²) in [4.78, 5) is 0. The first-order valence-electron chi connectivity index (χ1n) is 22.2. The van der Waals surface area contributed by atoms with Gasteiger partial charge >= 0.3 is 0 Å². The largest absolute Gasteiger partial charge is 0.456 e. The second kappa shape index (κ2) is 11.6. The molecule has 0 saturated carbocycles. The highest BCUT2D eigenvalue weighted by molar-refractivity contribution is 6.21. The Morgan fingerprint density at radius 1 is 0.297 bits per heavy atom. The molecular weight excluding hydrogens is 785 g/mol. The molecule has 0 fully saturated rings. The van der Waals surface area contributed by atoms with Gasteiger partial charge in [-0.2, -0.15) is 0 Å². The van der Waals surface area contributed by atoms with E-state index in [1.54, 1.807) is 0 Å². The highest BCUT2D eigenvalue weighted by Gasteiger charge is 2.45.